The predicted octanol–water partition coefficient (Wildman–Crippen LogP) is 1.41. The molecule has 2 aliphatic heterocycles. The summed E-state index contributed by atoms with van der Waals surface area (Å²) in [6.45, 7) is 3.55. The van der Waals surface area contributed by atoms with E-state index in [1.807, 2.05) is 25.1 Å². The number of aryl methyl sites for hydroxylation is 1. The van der Waals surface area contributed by atoms with Crippen LogP contribution in [0.5, 0.6) is 0 Å². The Bertz CT molecular complexity index is 1000. The second-order valence-corrected chi connectivity index (χ2v) is 10.2. The van der Waals surface area contributed by atoms with Crippen LogP contribution >= 0.6 is 0 Å². The van der Waals surface area contributed by atoms with Gasteiger partial charge < -0.3 is 10.4 Å². The average Bonchev–Trinajstić information content (AvgIpc) is 3.46. The number of nitrogens with one attached hydrogen (secondary N) is 2. The van der Waals surface area contributed by atoms with Gasteiger partial charge in [-0.3, -0.25) is 19.8 Å². The zero-order valence-corrected chi connectivity index (χ0v) is 17.2. The first kappa shape index (κ1) is 18.5. The summed E-state index contributed by atoms with van der Waals surface area (Å²) in [5.74, 6) is 0.300. The fourth-order valence-electron chi connectivity index (χ4n) is 6.79. The van der Waals surface area contributed by atoms with Gasteiger partial charge in [-0.15, -0.1) is 0 Å². The summed E-state index contributed by atoms with van der Waals surface area (Å²) in [5.41, 5.74) is -0.454. The molecule has 0 unspecified atom stereocenters. The Morgan fingerprint density at radius 2 is 1.97 bits per heavy atom. The van der Waals surface area contributed by atoms with Gasteiger partial charge in [-0.25, -0.2) is 4.79 Å². The van der Waals surface area contributed by atoms with E-state index >= 15 is 0 Å². The summed E-state index contributed by atoms with van der Waals surface area (Å²) in [7, 11) is 0. The van der Waals surface area contributed by atoms with Crippen molar-refractivity contribution in [2.45, 2.75) is 68.0 Å². The van der Waals surface area contributed by atoms with Crippen molar-refractivity contribution in [3.05, 3.63) is 34.9 Å². The van der Waals surface area contributed by atoms with Gasteiger partial charge >= 0.3 is 6.03 Å². The van der Waals surface area contributed by atoms with Crippen LogP contribution in [0.4, 0.5) is 4.79 Å². The first-order valence-corrected chi connectivity index (χ1v) is 11.0. The van der Waals surface area contributed by atoms with E-state index in [4.69, 9.17) is 0 Å². The van der Waals surface area contributed by atoms with Crippen molar-refractivity contribution >= 4 is 17.7 Å². The van der Waals surface area contributed by atoms with Crippen molar-refractivity contribution in [3.8, 4) is 0 Å². The number of piperidine rings is 1. The average molecular weight is 409 g/mol. The minimum atomic E-state index is -1.24. The number of Topliss-reactive ketones (excluding diaryl/α,β-unsaturated/α-hetero) is 1. The minimum Gasteiger partial charge on any atom is -0.387 e. The van der Waals surface area contributed by atoms with Gasteiger partial charge in [-0.1, -0.05) is 23.8 Å². The van der Waals surface area contributed by atoms with E-state index in [2.05, 4.69) is 15.5 Å². The van der Waals surface area contributed by atoms with Crippen LogP contribution in [0.1, 0.15) is 60.0 Å². The fraction of sp³-hybridized carbons (Fsp3) is 0.609. The molecular weight excluding hydrogens is 382 g/mol. The molecule has 0 aromatic heterocycles. The maximum absolute atomic E-state index is 13.7. The van der Waals surface area contributed by atoms with Crippen LogP contribution in [0.15, 0.2) is 18.2 Å². The van der Waals surface area contributed by atoms with Crippen LogP contribution < -0.4 is 10.6 Å². The van der Waals surface area contributed by atoms with Crippen LogP contribution in [0, 0.1) is 12.8 Å². The largest absolute Gasteiger partial charge is 0.387 e. The van der Waals surface area contributed by atoms with Crippen LogP contribution in [-0.2, 0) is 10.2 Å². The second kappa shape index (κ2) is 5.71. The molecule has 3 amide bonds. The third kappa shape index (κ3) is 2.20. The van der Waals surface area contributed by atoms with E-state index in [0.717, 1.165) is 17.7 Å². The number of hydrogen-bond acceptors (Lipinski definition) is 5. The van der Waals surface area contributed by atoms with Gasteiger partial charge in [0.1, 0.15) is 11.6 Å². The highest BCUT2D eigenvalue weighted by Gasteiger charge is 2.71. The standard InChI is InChI=1S/C23H27N3O4/c1-13-2-5-15-16(10-13)21-8-9-26(11-14-3-4-14)18(17(15)27)23(21,30)7-6-22(12-21)19(28)24-20(29)25-22/h2,5,10,14,18,30H,3-4,6-9,11-12H2,1H3,(H2,24,25,28,29)/t18-,21-,22+,23-/m1/s1. The van der Waals surface area contributed by atoms with Gasteiger partial charge in [0.15, 0.2) is 5.78 Å². The highest BCUT2D eigenvalue weighted by atomic mass is 16.3. The molecule has 2 bridgehead atoms. The predicted molar refractivity (Wildman–Crippen MR) is 108 cm³/mol. The summed E-state index contributed by atoms with van der Waals surface area (Å²) in [4.78, 5) is 40.7. The maximum Gasteiger partial charge on any atom is 0.322 e. The number of urea groups is 1. The molecule has 1 spiro atoms. The number of likely N-dealkylation sites (tertiary alicyclic amines) is 1. The molecule has 1 aromatic carbocycles. The van der Waals surface area contributed by atoms with Crippen molar-refractivity contribution in [1.29, 1.82) is 0 Å². The smallest absolute Gasteiger partial charge is 0.322 e. The lowest BCUT2D eigenvalue weighted by atomic mass is 9.46. The molecule has 7 nitrogen and oxygen atoms in total. The number of ketones is 1. The zero-order chi connectivity index (χ0) is 20.9. The summed E-state index contributed by atoms with van der Waals surface area (Å²) >= 11 is 0. The molecule has 30 heavy (non-hydrogen) atoms. The molecule has 7 heteroatoms. The van der Waals surface area contributed by atoms with Crippen LogP contribution in [0.3, 0.4) is 0 Å². The lowest BCUT2D eigenvalue weighted by Gasteiger charge is -2.65. The number of hydrogen-bond donors (Lipinski definition) is 3. The Morgan fingerprint density at radius 1 is 1.17 bits per heavy atom. The van der Waals surface area contributed by atoms with Crippen molar-refractivity contribution in [2.75, 3.05) is 13.1 Å². The SMILES string of the molecule is Cc1ccc2c(c1)[C@]13CCN(CC4CC4)[C@H](C2=O)[C@]1(O)CC[C@@]1(C3)NC(=O)NC1=O. The molecule has 3 N–H and O–H groups in total. The number of amides is 3. The molecule has 2 saturated heterocycles. The molecule has 6 rings (SSSR count). The van der Waals surface area contributed by atoms with Crippen LogP contribution in [-0.4, -0.2) is 58.0 Å². The molecular formula is C23H27N3O4. The van der Waals surface area contributed by atoms with Crippen LogP contribution in [0.25, 0.3) is 0 Å². The number of fused-ring (bicyclic) bond motifs is 1. The van der Waals surface area contributed by atoms with Crippen molar-refractivity contribution in [1.82, 2.24) is 15.5 Å². The van der Waals surface area contributed by atoms with Crippen molar-refractivity contribution < 1.29 is 19.5 Å². The number of rotatable bonds is 2. The summed E-state index contributed by atoms with van der Waals surface area (Å²) in [6.07, 6.45) is 4.02. The third-order valence-corrected chi connectivity index (χ3v) is 8.42. The first-order chi connectivity index (χ1) is 14.3. The Hall–Kier alpha value is -2.25. The van der Waals surface area contributed by atoms with Crippen molar-refractivity contribution in [2.24, 2.45) is 5.92 Å². The highest BCUT2D eigenvalue weighted by molar-refractivity contribution is 6.08. The number of aliphatic hydroxyl groups is 1. The molecule has 5 aliphatic rings. The van der Waals surface area contributed by atoms with E-state index in [1.165, 1.54) is 12.8 Å². The number of benzene rings is 1. The van der Waals surface area contributed by atoms with Gasteiger partial charge in [-0.2, -0.15) is 0 Å². The fourth-order valence-corrected chi connectivity index (χ4v) is 6.79. The van der Waals surface area contributed by atoms with E-state index in [0.29, 0.717) is 43.7 Å². The summed E-state index contributed by atoms with van der Waals surface area (Å²) < 4.78 is 0. The van der Waals surface area contributed by atoms with Gasteiger partial charge in [0.2, 0.25) is 0 Å². The number of carbonyl (C=O) groups excluding carboxylic acids is 3. The van der Waals surface area contributed by atoms with Gasteiger partial charge in [0, 0.05) is 17.5 Å². The van der Waals surface area contributed by atoms with Crippen LogP contribution in [0.2, 0.25) is 0 Å². The van der Waals surface area contributed by atoms with E-state index in [-0.39, 0.29) is 11.7 Å². The molecule has 158 valence electrons. The zero-order valence-electron chi connectivity index (χ0n) is 17.2. The quantitative estimate of drug-likeness (QED) is 0.642. The Kier molecular flexibility index (Phi) is 3.52. The maximum atomic E-state index is 13.7. The van der Waals surface area contributed by atoms with E-state index < -0.39 is 28.6 Å². The molecule has 4 atom stereocenters. The normalized spacial score (nSPS) is 40.1. The Morgan fingerprint density at radius 3 is 2.67 bits per heavy atom. The number of carbonyl (C=O) groups is 3. The second-order valence-electron chi connectivity index (χ2n) is 10.2. The lowest BCUT2D eigenvalue weighted by molar-refractivity contribution is -0.167. The molecule has 2 heterocycles. The number of nitrogens with zero attached hydrogens (tertiary/aromatic N) is 1. The topological polar surface area (TPSA) is 98.7 Å². The molecule has 2 saturated carbocycles. The molecule has 3 aliphatic carbocycles. The van der Waals surface area contributed by atoms with Gasteiger partial charge in [0.25, 0.3) is 5.91 Å². The summed E-state index contributed by atoms with van der Waals surface area (Å²) in [5, 5.41) is 17.5. The Balaban J connectivity index is 1.54. The van der Waals surface area contributed by atoms with E-state index in [9.17, 15) is 19.5 Å². The first-order valence-electron chi connectivity index (χ1n) is 11.0. The summed E-state index contributed by atoms with van der Waals surface area (Å²) in [6, 6.07) is 4.79. The lowest BCUT2D eigenvalue weighted by Crippen LogP contribution is -2.77. The third-order valence-electron chi connectivity index (χ3n) is 8.42. The minimum absolute atomic E-state index is 0.000617. The Labute approximate surface area is 175 Å². The van der Waals surface area contributed by atoms with Gasteiger partial charge in [-0.05, 0) is 63.5 Å². The highest BCUT2D eigenvalue weighted by Crippen LogP contribution is 2.60. The molecule has 4 fully saturated rings. The monoisotopic (exact) mass is 409 g/mol. The molecule has 0 radical (unpaired) electrons. The van der Waals surface area contributed by atoms with Gasteiger partial charge in [0.05, 0.1) is 5.60 Å². The number of imide groups is 1. The van der Waals surface area contributed by atoms with E-state index in [1.54, 1.807) is 0 Å². The molecule has 1 aromatic rings. The van der Waals surface area contributed by atoms with Crippen molar-refractivity contribution in [3.63, 3.8) is 0 Å².